The number of aromatic nitrogens is 2. The summed E-state index contributed by atoms with van der Waals surface area (Å²) in [5.41, 5.74) is 8.71. The molecule has 2 aromatic rings. The smallest absolute Gasteiger partial charge is 0.111 e. The van der Waals surface area contributed by atoms with Gasteiger partial charge in [-0.25, -0.2) is 4.98 Å². The van der Waals surface area contributed by atoms with E-state index in [-0.39, 0.29) is 6.04 Å². The summed E-state index contributed by atoms with van der Waals surface area (Å²) in [4.78, 5) is 4.73. The Morgan fingerprint density at radius 3 is 2.84 bits per heavy atom. The number of imidazole rings is 1. The minimum atomic E-state index is 0.244. The number of rotatable bonds is 3. The largest absolute Gasteiger partial charge is 0.331 e. The Morgan fingerprint density at radius 2 is 2.16 bits per heavy atom. The Morgan fingerprint density at radius 1 is 1.37 bits per heavy atom. The van der Waals surface area contributed by atoms with Crippen molar-refractivity contribution in [2.24, 2.45) is 24.6 Å². The Hall–Kier alpha value is -1.35. The average Bonchev–Trinajstić information content (AvgIpc) is 2.95. The quantitative estimate of drug-likeness (QED) is 0.919. The molecule has 1 aromatic carbocycles. The summed E-state index contributed by atoms with van der Waals surface area (Å²) >= 11 is 0. The van der Waals surface area contributed by atoms with Gasteiger partial charge in [-0.2, -0.15) is 0 Å². The molecule has 0 spiro atoms. The van der Waals surface area contributed by atoms with Gasteiger partial charge in [-0.3, -0.25) is 0 Å². The van der Waals surface area contributed by atoms with Crippen LogP contribution in [0.3, 0.4) is 0 Å². The van der Waals surface area contributed by atoms with E-state index in [2.05, 4.69) is 36.7 Å². The van der Waals surface area contributed by atoms with Gasteiger partial charge in [-0.15, -0.1) is 0 Å². The number of nitrogens with two attached hydrogens (primary N) is 1. The lowest BCUT2D eigenvalue weighted by Gasteiger charge is -2.22. The van der Waals surface area contributed by atoms with Crippen LogP contribution in [0.15, 0.2) is 24.3 Å². The Balaban J connectivity index is 1.83. The molecule has 1 aliphatic carbocycles. The van der Waals surface area contributed by atoms with Gasteiger partial charge in [0.25, 0.3) is 0 Å². The van der Waals surface area contributed by atoms with Crippen molar-refractivity contribution in [1.82, 2.24) is 9.55 Å². The van der Waals surface area contributed by atoms with Crippen LogP contribution in [0, 0.1) is 11.8 Å². The fraction of sp³-hybridized carbons (Fsp3) is 0.562. The molecule has 3 heteroatoms. The van der Waals surface area contributed by atoms with E-state index in [1.807, 2.05) is 6.07 Å². The lowest BCUT2D eigenvalue weighted by molar-refractivity contribution is 0.339. The van der Waals surface area contributed by atoms with Gasteiger partial charge < -0.3 is 10.3 Å². The minimum Gasteiger partial charge on any atom is -0.331 e. The van der Waals surface area contributed by atoms with E-state index in [0.29, 0.717) is 5.92 Å². The molecule has 3 nitrogen and oxygen atoms in total. The summed E-state index contributed by atoms with van der Waals surface area (Å²) in [6.45, 7) is 2.34. The van der Waals surface area contributed by atoms with Crippen LogP contribution < -0.4 is 5.73 Å². The molecule has 102 valence electrons. The zero-order chi connectivity index (χ0) is 13.4. The predicted molar refractivity (Wildman–Crippen MR) is 78.9 cm³/mol. The van der Waals surface area contributed by atoms with Crippen LogP contribution in [0.5, 0.6) is 0 Å². The molecule has 1 saturated carbocycles. The lowest BCUT2D eigenvalue weighted by atomic mass is 9.89. The highest BCUT2D eigenvalue weighted by molar-refractivity contribution is 5.75. The Labute approximate surface area is 114 Å². The lowest BCUT2D eigenvalue weighted by Crippen LogP contribution is -2.34. The number of hydrogen-bond acceptors (Lipinski definition) is 2. The molecule has 3 rings (SSSR count). The Bertz CT molecular complexity index is 572. The van der Waals surface area contributed by atoms with E-state index in [4.69, 9.17) is 10.7 Å². The third kappa shape index (κ3) is 2.27. The molecule has 0 saturated heterocycles. The van der Waals surface area contributed by atoms with Crippen LogP contribution in [-0.2, 0) is 13.5 Å². The summed E-state index contributed by atoms with van der Waals surface area (Å²) < 4.78 is 2.19. The fourth-order valence-electron chi connectivity index (χ4n) is 3.55. The minimum absolute atomic E-state index is 0.244. The van der Waals surface area contributed by atoms with E-state index in [1.54, 1.807) is 0 Å². The van der Waals surface area contributed by atoms with Gasteiger partial charge in [0.2, 0.25) is 0 Å². The third-order valence-electron chi connectivity index (χ3n) is 4.78. The second-order valence-electron chi connectivity index (χ2n) is 6.02. The first-order chi connectivity index (χ1) is 9.16. The van der Waals surface area contributed by atoms with Gasteiger partial charge >= 0.3 is 0 Å². The first kappa shape index (κ1) is 12.7. The van der Waals surface area contributed by atoms with E-state index in [1.165, 1.54) is 24.8 Å². The molecule has 19 heavy (non-hydrogen) atoms. The van der Waals surface area contributed by atoms with Gasteiger partial charge in [0.05, 0.1) is 11.0 Å². The van der Waals surface area contributed by atoms with Gasteiger partial charge in [-0.05, 0) is 30.4 Å². The second kappa shape index (κ2) is 4.97. The maximum Gasteiger partial charge on any atom is 0.111 e. The summed E-state index contributed by atoms with van der Waals surface area (Å²) in [6.07, 6.45) is 4.84. The summed E-state index contributed by atoms with van der Waals surface area (Å²) in [5.74, 6) is 2.55. The SMILES string of the molecule is CC1CCCC1C(N)Cc1nc2ccccc2n1C. The zero-order valence-electron chi connectivity index (χ0n) is 11.8. The van der Waals surface area contributed by atoms with Crippen molar-refractivity contribution in [3.63, 3.8) is 0 Å². The van der Waals surface area contributed by atoms with E-state index < -0.39 is 0 Å². The molecule has 1 aromatic heterocycles. The van der Waals surface area contributed by atoms with Crippen molar-refractivity contribution >= 4 is 11.0 Å². The van der Waals surface area contributed by atoms with E-state index >= 15 is 0 Å². The number of para-hydroxylation sites is 2. The average molecular weight is 257 g/mol. The van der Waals surface area contributed by atoms with Gasteiger partial charge in [0.1, 0.15) is 5.82 Å². The van der Waals surface area contributed by atoms with Crippen molar-refractivity contribution < 1.29 is 0 Å². The van der Waals surface area contributed by atoms with Crippen molar-refractivity contribution in [1.29, 1.82) is 0 Å². The van der Waals surface area contributed by atoms with Gasteiger partial charge in [0.15, 0.2) is 0 Å². The van der Waals surface area contributed by atoms with Crippen molar-refractivity contribution in [2.45, 2.75) is 38.6 Å². The fourth-order valence-corrected chi connectivity index (χ4v) is 3.55. The zero-order valence-corrected chi connectivity index (χ0v) is 11.8. The summed E-state index contributed by atoms with van der Waals surface area (Å²) in [6, 6.07) is 8.54. The van der Waals surface area contributed by atoms with Crippen LogP contribution in [0.1, 0.15) is 32.0 Å². The standard InChI is InChI=1S/C16H23N3/c1-11-6-5-7-12(11)13(17)10-16-18-14-8-3-4-9-15(14)19(16)2/h3-4,8-9,11-13H,5-7,10,17H2,1-2H3. The molecule has 1 fully saturated rings. The number of hydrogen-bond donors (Lipinski definition) is 1. The number of benzene rings is 1. The molecular weight excluding hydrogens is 234 g/mol. The first-order valence-electron chi connectivity index (χ1n) is 7.32. The summed E-state index contributed by atoms with van der Waals surface area (Å²) in [5, 5.41) is 0. The number of fused-ring (bicyclic) bond motifs is 1. The third-order valence-corrected chi connectivity index (χ3v) is 4.78. The molecule has 0 radical (unpaired) electrons. The normalized spacial score (nSPS) is 25.0. The maximum absolute atomic E-state index is 6.44. The highest BCUT2D eigenvalue weighted by Crippen LogP contribution is 2.34. The van der Waals surface area contributed by atoms with Crippen molar-refractivity contribution in [2.75, 3.05) is 0 Å². The molecule has 3 atom stereocenters. The van der Waals surface area contributed by atoms with E-state index in [0.717, 1.165) is 23.7 Å². The maximum atomic E-state index is 6.44. The first-order valence-corrected chi connectivity index (χ1v) is 7.32. The van der Waals surface area contributed by atoms with Crippen LogP contribution in [0.2, 0.25) is 0 Å². The molecule has 1 heterocycles. The molecule has 1 aliphatic rings. The molecular formula is C16H23N3. The number of aryl methyl sites for hydroxylation is 1. The topological polar surface area (TPSA) is 43.8 Å². The number of nitrogens with zero attached hydrogens (tertiary/aromatic N) is 2. The van der Waals surface area contributed by atoms with Gasteiger partial charge in [-0.1, -0.05) is 31.9 Å². The molecule has 2 N–H and O–H groups in total. The predicted octanol–water partition coefficient (Wildman–Crippen LogP) is 2.88. The molecule has 0 bridgehead atoms. The van der Waals surface area contributed by atoms with Crippen LogP contribution in [0.25, 0.3) is 11.0 Å². The van der Waals surface area contributed by atoms with Crippen molar-refractivity contribution in [3.8, 4) is 0 Å². The van der Waals surface area contributed by atoms with Gasteiger partial charge in [0, 0.05) is 19.5 Å². The molecule has 0 amide bonds. The van der Waals surface area contributed by atoms with Crippen LogP contribution >= 0.6 is 0 Å². The Kier molecular flexibility index (Phi) is 3.31. The highest BCUT2D eigenvalue weighted by Gasteiger charge is 2.29. The summed E-state index contributed by atoms with van der Waals surface area (Å²) in [7, 11) is 2.09. The van der Waals surface area contributed by atoms with Crippen LogP contribution in [0.4, 0.5) is 0 Å². The van der Waals surface area contributed by atoms with E-state index in [9.17, 15) is 0 Å². The molecule has 0 aliphatic heterocycles. The van der Waals surface area contributed by atoms with Crippen LogP contribution in [-0.4, -0.2) is 15.6 Å². The molecule has 3 unspecified atom stereocenters. The van der Waals surface area contributed by atoms with Crippen molar-refractivity contribution in [3.05, 3.63) is 30.1 Å². The monoisotopic (exact) mass is 257 g/mol. The highest BCUT2D eigenvalue weighted by atomic mass is 15.1. The second-order valence-corrected chi connectivity index (χ2v) is 6.02.